The summed E-state index contributed by atoms with van der Waals surface area (Å²) in [5, 5.41) is 4.17. The van der Waals surface area contributed by atoms with Gasteiger partial charge in [-0.25, -0.2) is 0 Å². The van der Waals surface area contributed by atoms with Crippen LogP contribution in [-0.4, -0.2) is 35.1 Å². The molecule has 0 aromatic carbocycles. The summed E-state index contributed by atoms with van der Waals surface area (Å²) in [6, 6.07) is 6.20. The molecule has 112 valence electrons. The smallest absolute Gasteiger partial charge is 0.223 e. The van der Waals surface area contributed by atoms with Gasteiger partial charge in [-0.15, -0.1) is 0 Å². The van der Waals surface area contributed by atoms with E-state index in [0.717, 1.165) is 12.1 Å². The molecule has 0 bridgehead atoms. The summed E-state index contributed by atoms with van der Waals surface area (Å²) in [6.07, 6.45) is 3.40. The maximum Gasteiger partial charge on any atom is 0.223 e. The summed E-state index contributed by atoms with van der Waals surface area (Å²) in [5.74, 6) is 0.218. The molecule has 1 saturated heterocycles. The number of amides is 1. The van der Waals surface area contributed by atoms with Crippen LogP contribution < -0.4 is 0 Å². The fourth-order valence-electron chi connectivity index (χ4n) is 2.80. The van der Waals surface area contributed by atoms with Gasteiger partial charge in [0.2, 0.25) is 5.91 Å². The monoisotopic (exact) mass is 304 g/mol. The standard InChI is InChI=1S/C16H20N2O2S/c1-17-7-2-3-14(17)15-11-20-9-8-18(15)16(19)5-4-13-6-10-21-12-13/h2-3,6-7,10,12,15H,4-5,8-9,11H2,1H3. The lowest BCUT2D eigenvalue weighted by molar-refractivity contribution is -0.140. The van der Waals surface area contributed by atoms with Gasteiger partial charge in [0.1, 0.15) is 0 Å². The van der Waals surface area contributed by atoms with Crippen LogP contribution >= 0.6 is 11.3 Å². The number of carbonyl (C=O) groups excluding carboxylic acids is 1. The third-order valence-electron chi connectivity index (χ3n) is 3.98. The zero-order chi connectivity index (χ0) is 14.7. The van der Waals surface area contributed by atoms with Gasteiger partial charge in [0.15, 0.2) is 0 Å². The van der Waals surface area contributed by atoms with Gasteiger partial charge < -0.3 is 14.2 Å². The molecule has 0 aliphatic carbocycles. The average Bonchev–Trinajstić information content (AvgIpc) is 3.16. The van der Waals surface area contributed by atoms with Gasteiger partial charge in [0.25, 0.3) is 0 Å². The number of aryl methyl sites for hydroxylation is 2. The van der Waals surface area contributed by atoms with E-state index < -0.39 is 0 Å². The molecule has 0 spiro atoms. The van der Waals surface area contributed by atoms with Crippen LogP contribution in [0.2, 0.25) is 0 Å². The van der Waals surface area contributed by atoms with Gasteiger partial charge >= 0.3 is 0 Å². The Bertz CT molecular complexity index is 591. The summed E-state index contributed by atoms with van der Waals surface area (Å²) >= 11 is 1.68. The molecule has 0 radical (unpaired) electrons. The van der Waals surface area contributed by atoms with Crippen molar-refractivity contribution in [3.8, 4) is 0 Å². The quantitative estimate of drug-likeness (QED) is 0.870. The fraction of sp³-hybridized carbons (Fsp3) is 0.438. The van der Waals surface area contributed by atoms with Crippen LogP contribution in [0.1, 0.15) is 23.7 Å². The third kappa shape index (κ3) is 3.19. The van der Waals surface area contributed by atoms with Gasteiger partial charge in [0, 0.05) is 31.9 Å². The number of thiophene rings is 1. The van der Waals surface area contributed by atoms with Gasteiger partial charge in [-0.3, -0.25) is 4.79 Å². The molecule has 1 unspecified atom stereocenters. The van der Waals surface area contributed by atoms with Gasteiger partial charge in [-0.1, -0.05) is 0 Å². The van der Waals surface area contributed by atoms with E-state index in [0.29, 0.717) is 26.2 Å². The molecule has 3 heterocycles. The first-order valence-corrected chi connectivity index (χ1v) is 8.19. The van der Waals surface area contributed by atoms with E-state index in [9.17, 15) is 4.79 Å². The van der Waals surface area contributed by atoms with Crippen molar-refractivity contribution in [2.24, 2.45) is 7.05 Å². The fourth-order valence-corrected chi connectivity index (χ4v) is 3.50. The van der Waals surface area contributed by atoms with E-state index in [1.165, 1.54) is 5.56 Å². The van der Waals surface area contributed by atoms with Crippen molar-refractivity contribution in [1.29, 1.82) is 0 Å². The van der Waals surface area contributed by atoms with Gasteiger partial charge in [-0.05, 0) is 40.9 Å². The SMILES string of the molecule is Cn1cccc1C1COCCN1C(=O)CCc1ccsc1. The second-order valence-corrected chi connectivity index (χ2v) is 6.13. The van der Waals surface area contributed by atoms with Gasteiger partial charge in [-0.2, -0.15) is 11.3 Å². The van der Waals surface area contributed by atoms with Crippen LogP contribution in [0.3, 0.4) is 0 Å². The first kappa shape index (κ1) is 14.4. The summed E-state index contributed by atoms with van der Waals surface area (Å²) in [6.45, 7) is 1.89. The first-order valence-electron chi connectivity index (χ1n) is 7.25. The minimum absolute atomic E-state index is 0.0359. The normalized spacial score (nSPS) is 18.9. The molecular formula is C16H20N2O2S. The Morgan fingerprint density at radius 3 is 3.10 bits per heavy atom. The number of aromatic nitrogens is 1. The molecule has 1 fully saturated rings. The Kier molecular flexibility index (Phi) is 4.41. The minimum atomic E-state index is 0.0359. The summed E-state index contributed by atoms with van der Waals surface area (Å²) in [5.41, 5.74) is 2.38. The number of carbonyl (C=O) groups is 1. The molecule has 5 heteroatoms. The van der Waals surface area contributed by atoms with Crippen molar-refractivity contribution >= 4 is 17.2 Å². The maximum absolute atomic E-state index is 12.6. The molecule has 1 atom stereocenters. The second-order valence-electron chi connectivity index (χ2n) is 5.35. The molecule has 2 aromatic rings. The lowest BCUT2D eigenvalue weighted by atomic mass is 10.1. The van der Waals surface area contributed by atoms with Crippen molar-refractivity contribution in [2.75, 3.05) is 19.8 Å². The predicted octanol–water partition coefficient (Wildman–Crippen LogP) is 2.62. The van der Waals surface area contributed by atoms with Crippen molar-refractivity contribution in [1.82, 2.24) is 9.47 Å². The lowest BCUT2D eigenvalue weighted by Crippen LogP contribution is -2.44. The Balaban J connectivity index is 1.69. The van der Waals surface area contributed by atoms with Crippen molar-refractivity contribution in [3.05, 3.63) is 46.4 Å². The number of hydrogen-bond acceptors (Lipinski definition) is 3. The van der Waals surface area contributed by atoms with E-state index in [-0.39, 0.29) is 11.9 Å². The highest BCUT2D eigenvalue weighted by atomic mass is 32.1. The summed E-state index contributed by atoms with van der Waals surface area (Å²) in [4.78, 5) is 14.6. The Morgan fingerprint density at radius 1 is 1.48 bits per heavy atom. The molecule has 21 heavy (non-hydrogen) atoms. The topological polar surface area (TPSA) is 34.5 Å². The molecular weight excluding hydrogens is 284 g/mol. The molecule has 0 saturated carbocycles. The van der Waals surface area contributed by atoms with Crippen molar-refractivity contribution < 1.29 is 9.53 Å². The molecule has 1 amide bonds. The number of nitrogens with zero attached hydrogens (tertiary/aromatic N) is 2. The average molecular weight is 304 g/mol. The van der Waals surface area contributed by atoms with E-state index >= 15 is 0 Å². The van der Waals surface area contributed by atoms with E-state index in [1.807, 2.05) is 24.2 Å². The van der Waals surface area contributed by atoms with Crippen molar-refractivity contribution in [2.45, 2.75) is 18.9 Å². The Morgan fingerprint density at radius 2 is 2.38 bits per heavy atom. The molecule has 0 N–H and O–H groups in total. The molecule has 2 aromatic heterocycles. The molecule has 3 rings (SSSR count). The van der Waals surface area contributed by atoms with Crippen LogP contribution in [0.5, 0.6) is 0 Å². The Labute approximate surface area is 128 Å². The summed E-state index contributed by atoms with van der Waals surface area (Å²) < 4.78 is 7.65. The number of ether oxygens (including phenoxy) is 1. The van der Waals surface area contributed by atoms with E-state index in [4.69, 9.17) is 4.74 Å². The van der Waals surface area contributed by atoms with Crippen LogP contribution in [-0.2, 0) is 23.0 Å². The van der Waals surface area contributed by atoms with Crippen molar-refractivity contribution in [3.63, 3.8) is 0 Å². The zero-order valence-electron chi connectivity index (χ0n) is 12.2. The largest absolute Gasteiger partial charge is 0.377 e. The van der Waals surface area contributed by atoms with Crippen LogP contribution in [0.25, 0.3) is 0 Å². The maximum atomic E-state index is 12.6. The Hall–Kier alpha value is -1.59. The number of rotatable bonds is 4. The molecule has 1 aliphatic rings. The molecule has 4 nitrogen and oxygen atoms in total. The van der Waals surface area contributed by atoms with Crippen LogP contribution in [0, 0.1) is 0 Å². The minimum Gasteiger partial charge on any atom is -0.377 e. The predicted molar refractivity (Wildman–Crippen MR) is 83.3 cm³/mol. The third-order valence-corrected chi connectivity index (χ3v) is 4.71. The highest BCUT2D eigenvalue weighted by Gasteiger charge is 2.29. The second kappa shape index (κ2) is 6.45. The van der Waals surface area contributed by atoms with Gasteiger partial charge in [0.05, 0.1) is 19.3 Å². The van der Waals surface area contributed by atoms with E-state index in [2.05, 4.69) is 27.5 Å². The van der Waals surface area contributed by atoms with Crippen LogP contribution in [0.15, 0.2) is 35.2 Å². The first-order chi connectivity index (χ1) is 10.3. The lowest BCUT2D eigenvalue weighted by Gasteiger charge is -2.36. The zero-order valence-corrected chi connectivity index (χ0v) is 13.0. The van der Waals surface area contributed by atoms with E-state index in [1.54, 1.807) is 11.3 Å². The van der Waals surface area contributed by atoms with Crippen LogP contribution in [0.4, 0.5) is 0 Å². The molecule has 1 aliphatic heterocycles. The summed E-state index contributed by atoms with van der Waals surface area (Å²) in [7, 11) is 2.01. The highest BCUT2D eigenvalue weighted by molar-refractivity contribution is 7.07. The highest BCUT2D eigenvalue weighted by Crippen LogP contribution is 2.25. The number of morpholine rings is 1. The number of hydrogen-bond donors (Lipinski definition) is 0.